The number of oxazole rings is 1. The fourth-order valence-corrected chi connectivity index (χ4v) is 11.2. The van der Waals surface area contributed by atoms with Gasteiger partial charge >= 0.3 is 0 Å². The summed E-state index contributed by atoms with van der Waals surface area (Å²) in [5, 5.41) is 8.92. The molecule has 4 heterocycles. The summed E-state index contributed by atoms with van der Waals surface area (Å²) in [5.74, 6) is 0.640. The summed E-state index contributed by atoms with van der Waals surface area (Å²) in [4.78, 5) is 5.14. The Morgan fingerprint density at radius 1 is 0.594 bits per heavy atom. The molecule has 0 fully saturated rings. The zero-order valence-electron chi connectivity index (χ0n) is 36.9. The third-order valence-electron chi connectivity index (χ3n) is 14.7. The minimum atomic E-state index is 0.0260. The van der Waals surface area contributed by atoms with E-state index in [0.29, 0.717) is 5.89 Å². The van der Waals surface area contributed by atoms with Gasteiger partial charge in [-0.05, 0) is 126 Å². The van der Waals surface area contributed by atoms with Crippen molar-refractivity contribution < 1.29 is 4.42 Å². The van der Waals surface area contributed by atoms with Gasteiger partial charge in [-0.3, -0.25) is 0 Å². The summed E-state index contributed by atoms with van der Waals surface area (Å²) in [5.41, 5.74) is 21.1. The van der Waals surface area contributed by atoms with Crippen molar-refractivity contribution >= 4 is 84.3 Å². The second-order valence-electron chi connectivity index (χ2n) is 19.6. The molecule has 6 heteroatoms. The Morgan fingerprint density at radius 3 is 1.98 bits per heavy atom. The molecule has 0 atom stereocenters. The van der Waals surface area contributed by atoms with Gasteiger partial charge in [0.05, 0.1) is 27.8 Å². The van der Waals surface area contributed by atoms with Gasteiger partial charge in [0, 0.05) is 49.7 Å². The van der Waals surface area contributed by atoms with Gasteiger partial charge in [0.25, 0.3) is 0 Å². The van der Waals surface area contributed by atoms with Gasteiger partial charge in [-0.25, -0.2) is 4.98 Å². The fourth-order valence-electron chi connectivity index (χ4n) is 11.2. The monoisotopic (exact) mass is 826 g/mol. The van der Waals surface area contributed by atoms with Crippen molar-refractivity contribution in [2.24, 2.45) is 0 Å². The number of hydrogen-bond acceptors (Lipinski definition) is 3. The predicted octanol–water partition coefficient (Wildman–Crippen LogP) is 13.5. The van der Waals surface area contributed by atoms with E-state index in [1.165, 1.54) is 82.5 Å². The van der Waals surface area contributed by atoms with Gasteiger partial charge in [-0.2, -0.15) is 0 Å². The number of rotatable bonds is 5. The van der Waals surface area contributed by atoms with Crippen molar-refractivity contribution in [1.29, 1.82) is 0 Å². The Hall–Kier alpha value is -7.31. The SMILES string of the molecule is Cc1ccc(Nc2ccccc2-c2cc(-n3c4ccccc4c4ccccc43)c3c4cc5c(cc4n4c3c2Bc2cc3oc(-c6ccccc6)nc3cc2-4)C(C)(C)CCC5(C)C)cc1. The van der Waals surface area contributed by atoms with Crippen LogP contribution in [0.15, 0.2) is 162 Å². The van der Waals surface area contributed by atoms with Crippen LogP contribution in [0.5, 0.6) is 0 Å². The zero-order chi connectivity index (χ0) is 43.1. The van der Waals surface area contributed by atoms with Crippen molar-refractivity contribution in [1.82, 2.24) is 14.1 Å². The van der Waals surface area contributed by atoms with E-state index in [4.69, 9.17) is 9.40 Å². The van der Waals surface area contributed by atoms with Gasteiger partial charge < -0.3 is 18.9 Å². The van der Waals surface area contributed by atoms with Gasteiger partial charge in [-0.15, -0.1) is 0 Å². The minimum Gasteiger partial charge on any atom is -0.436 e. The van der Waals surface area contributed by atoms with Crippen LogP contribution in [0, 0.1) is 6.92 Å². The van der Waals surface area contributed by atoms with E-state index in [2.05, 4.69) is 189 Å². The molecular weight excluding hydrogens is 779 g/mol. The van der Waals surface area contributed by atoms with Crippen LogP contribution in [0.2, 0.25) is 0 Å². The van der Waals surface area contributed by atoms with E-state index in [1.54, 1.807) is 0 Å². The van der Waals surface area contributed by atoms with Crippen molar-refractivity contribution in [3.8, 4) is 34.0 Å². The van der Waals surface area contributed by atoms with Crippen LogP contribution in [0.3, 0.4) is 0 Å². The highest BCUT2D eigenvalue weighted by Crippen LogP contribution is 2.50. The fraction of sp³-hybridized carbons (Fsp3) is 0.155. The Bertz CT molecular complexity index is 3680. The summed E-state index contributed by atoms with van der Waals surface area (Å²) in [6.45, 7) is 11.9. The van der Waals surface area contributed by atoms with E-state index in [9.17, 15) is 0 Å². The molecule has 64 heavy (non-hydrogen) atoms. The van der Waals surface area contributed by atoms with Crippen LogP contribution in [0.1, 0.15) is 57.2 Å². The summed E-state index contributed by atoms with van der Waals surface area (Å²) >= 11 is 0. The van der Waals surface area contributed by atoms with Gasteiger partial charge in [0.1, 0.15) is 5.52 Å². The Labute approximate surface area is 373 Å². The lowest BCUT2D eigenvalue weighted by molar-refractivity contribution is 0.332. The van der Waals surface area contributed by atoms with Gasteiger partial charge in [-0.1, -0.05) is 124 Å². The number of fused-ring (bicyclic) bond motifs is 10. The normalized spacial score (nSPS) is 14.9. The molecule has 0 saturated heterocycles. The first kappa shape index (κ1) is 37.3. The lowest BCUT2D eigenvalue weighted by Gasteiger charge is -2.42. The molecular formula is C58H47BN4O. The van der Waals surface area contributed by atoms with E-state index >= 15 is 0 Å². The van der Waals surface area contributed by atoms with Crippen LogP contribution in [0.25, 0.3) is 88.7 Å². The highest BCUT2D eigenvalue weighted by Gasteiger charge is 2.39. The van der Waals surface area contributed by atoms with Crippen molar-refractivity contribution in [2.45, 2.75) is 58.3 Å². The summed E-state index contributed by atoms with van der Waals surface area (Å²) in [6, 6.07) is 57.8. The first-order valence-electron chi connectivity index (χ1n) is 22.7. The summed E-state index contributed by atoms with van der Waals surface area (Å²) in [6.07, 6.45) is 2.29. The lowest BCUT2D eigenvalue weighted by atomic mass is 9.59. The lowest BCUT2D eigenvalue weighted by Crippen LogP contribution is -2.37. The first-order valence-corrected chi connectivity index (χ1v) is 22.7. The molecule has 0 bridgehead atoms. The molecule has 2 aliphatic rings. The number of aromatic nitrogens is 3. The largest absolute Gasteiger partial charge is 0.436 e. The molecule has 308 valence electrons. The molecule has 11 aromatic rings. The maximum absolute atomic E-state index is 6.60. The maximum atomic E-state index is 6.60. The van der Waals surface area contributed by atoms with Gasteiger partial charge in [0.2, 0.25) is 5.89 Å². The highest BCUT2D eigenvalue weighted by molar-refractivity contribution is 6.74. The van der Waals surface area contributed by atoms with Crippen molar-refractivity contribution in [2.75, 3.05) is 5.32 Å². The van der Waals surface area contributed by atoms with Crippen LogP contribution in [0.4, 0.5) is 11.4 Å². The number of anilines is 2. The van der Waals surface area contributed by atoms with E-state index in [1.807, 2.05) is 18.2 Å². The Balaban J connectivity index is 1.21. The highest BCUT2D eigenvalue weighted by atomic mass is 16.3. The second-order valence-corrected chi connectivity index (χ2v) is 19.6. The number of hydrogen-bond donors (Lipinski definition) is 1. The minimum absolute atomic E-state index is 0.0260. The smallest absolute Gasteiger partial charge is 0.227 e. The van der Waals surface area contributed by atoms with Crippen molar-refractivity contribution in [3.05, 3.63) is 174 Å². The maximum Gasteiger partial charge on any atom is 0.227 e. The van der Waals surface area contributed by atoms with Crippen LogP contribution in [-0.4, -0.2) is 21.4 Å². The molecule has 1 aliphatic carbocycles. The summed E-state index contributed by atoms with van der Waals surface area (Å²) < 4.78 is 11.7. The van der Waals surface area contributed by atoms with Crippen LogP contribution >= 0.6 is 0 Å². The number of para-hydroxylation sites is 3. The number of benzene rings is 8. The standard InChI is InChI=1S/C58H47BN4O/c1-34-23-25-36(26-24-34)60-45-20-12-9-17-37(45)40-30-51(62-47-21-13-10-18-38(47)39-19-11-14-22-48(39)62)53-41-29-42-43(58(4,5)28-27-57(42,2)3)31-49(41)63-50-33-46-52(32-44(50)59-54(40)55(53)63)64-56(61-46)35-15-7-6-8-16-35/h6-26,29-33,59-60H,27-28H2,1-5H3. The average Bonchev–Trinajstić information content (AvgIpc) is 3.99. The molecule has 0 radical (unpaired) electrons. The van der Waals surface area contributed by atoms with E-state index < -0.39 is 0 Å². The molecule has 3 aromatic heterocycles. The third kappa shape index (κ3) is 5.41. The molecule has 1 N–H and O–H groups in total. The van der Waals surface area contributed by atoms with Gasteiger partial charge in [0.15, 0.2) is 12.9 Å². The molecule has 0 spiro atoms. The van der Waals surface area contributed by atoms with Crippen LogP contribution < -0.4 is 16.2 Å². The Morgan fingerprint density at radius 2 is 1.25 bits per heavy atom. The van der Waals surface area contributed by atoms with Crippen LogP contribution in [-0.2, 0) is 10.8 Å². The number of nitrogens with one attached hydrogen (secondary N) is 1. The van der Waals surface area contributed by atoms with E-state index in [-0.39, 0.29) is 10.8 Å². The first-order chi connectivity index (χ1) is 31.1. The zero-order valence-corrected chi connectivity index (χ0v) is 36.9. The molecule has 0 saturated carbocycles. The molecule has 0 unspecified atom stereocenters. The third-order valence-corrected chi connectivity index (χ3v) is 14.7. The number of nitrogens with zero attached hydrogens (tertiary/aromatic N) is 3. The van der Waals surface area contributed by atoms with Crippen molar-refractivity contribution in [3.63, 3.8) is 0 Å². The summed E-state index contributed by atoms with van der Waals surface area (Å²) in [7, 11) is 0.734. The topological polar surface area (TPSA) is 47.9 Å². The Kier molecular flexibility index (Phi) is 7.78. The average molecular weight is 827 g/mol. The van der Waals surface area contributed by atoms with E-state index in [0.717, 1.165) is 59.4 Å². The molecule has 0 amide bonds. The second kappa shape index (κ2) is 13.4. The molecule has 8 aromatic carbocycles. The molecule has 5 nitrogen and oxygen atoms in total. The quantitative estimate of drug-likeness (QED) is 0.176. The molecule has 1 aliphatic heterocycles. The number of aryl methyl sites for hydroxylation is 1. The predicted molar refractivity (Wildman–Crippen MR) is 270 cm³/mol. The molecule has 13 rings (SSSR count).